The first-order valence-corrected chi connectivity index (χ1v) is 19.0. The summed E-state index contributed by atoms with van der Waals surface area (Å²) in [7, 11) is -2.45. The number of aromatic nitrogens is 2. The van der Waals surface area contributed by atoms with Crippen molar-refractivity contribution in [2.24, 2.45) is 16.7 Å². The van der Waals surface area contributed by atoms with Gasteiger partial charge < -0.3 is 28.3 Å². The lowest BCUT2D eigenvalue weighted by Crippen LogP contribution is -2.87. The van der Waals surface area contributed by atoms with Crippen LogP contribution in [-0.4, -0.2) is 75.8 Å². The monoisotopic (exact) mass is 646 g/mol. The van der Waals surface area contributed by atoms with E-state index in [9.17, 15) is 19.5 Å². The molecular weight excluding hydrogens is 592 g/mol. The smallest absolute Gasteiger partial charge is 0.308 e. The van der Waals surface area contributed by atoms with Gasteiger partial charge in [0, 0.05) is 43.6 Å². The molecule has 0 amide bonds. The van der Waals surface area contributed by atoms with Gasteiger partial charge in [0.1, 0.15) is 11.7 Å². The lowest BCUT2D eigenvalue weighted by Gasteiger charge is -2.72. The number of carbonyl (C=O) groups excluding carboxylic acids is 3. The van der Waals surface area contributed by atoms with E-state index in [4.69, 9.17) is 18.6 Å². The van der Waals surface area contributed by atoms with E-state index in [2.05, 4.69) is 59.3 Å². The maximum atomic E-state index is 14.6. The number of rotatable bonds is 8. The predicted molar refractivity (Wildman–Crippen MR) is 172 cm³/mol. The zero-order valence-electron chi connectivity index (χ0n) is 29.1. The molecule has 10 nitrogen and oxygen atoms in total. The Morgan fingerprint density at radius 2 is 1.84 bits per heavy atom. The molecule has 11 heteroatoms. The highest BCUT2D eigenvalue weighted by Gasteiger charge is 2.82. The molecule has 3 fully saturated rings. The van der Waals surface area contributed by atoms with E-state index in [0.717, 1.165) is 0 Å². The van der Waals surface area contributed by atoms with E-state index in [0.29, 0.717) is 19.4 Å². The van der Waals surface area contributed by atoms with E-state index >= 15 is 0 Å². The molecule has 8 atom stereocenters. The van der Waals surface area contributed by atoms with Crippen LogP contribution in [0, 0.1) is 16.7 Å². The summed E-state index contributed by atoms with van der Waals surface area (Å²) in [6.45, 7) is 25.6. The quantitative estimate of drug-likeness (QED) is 0.225. The van der Waals surface area contributed by atoms with Crippen LogP contribution in [0.25, 0.3) is 0 Å². The summed E-state index contributed by atoms with van der Waals surface area (Å²) in [4.78, 5) is 45.1. The molecule has 0 bridgehead atoms. The van der Waals surface area contributed by atoms with Gasteiger partial charge in [0.2, 0.25) is 0 Å². The largest absolute Gasteiger partial charge is 0.458 e. The van der Waals surface area contributed by atoms with Crippen LogP contribution < -0.4 is 0 Å². The first-order valence-electron chi connectivity index (χ1n) is 16.1. The van der Waals surface area contributed by atoms with Crippen molar-refractivity contribution in [2.45, 2.75) is 148 Å². The van der Waals surface area contributed by atoms with Gasteiger partial charge in [-0.15, -0.1) is 6.58 Å². The summed E-state index contributed by atoms with van der Waals surface area (Å²) >= 11 is 0. The first-order chi connectivity index (χ1) is 20.5. The average Bonchev–Trinajstić information content (AvgIpc) is 3.42. The van der Waals surface area contributed by atoms with Crippen LogP contribution >= 0.6 is 0 Å². The van der Waals surface area contributed by atoms with E-state index in [1.54, 1.807) is 37.1 Å². The molecule has 1 aromatic heterocycles. The number of fused-ring (bicyclic) bond motifs is 3. The minimum atomic E-state index is -2.45. The number of imidazole rings is 1. The van der Waals surface area contributed by atoms with Crippen molar-refractivity contribution in [3.05, 3.63) is 31.4 Å². The van der Waals surface area contributed by atoms with Crippen molar-refractivity contribution in [1.29, 1.82) is 0 Å². The van der Waals surface area contributed by atoms with Crippen molar-refractivity contribution in [2.75, 3.05) is 0 Å². The number of Topliss-reactive ketones (excluding diaryl/α,β-unsaturated/α-hetero) is 1. The molecule has 1 aliphatic heterocycles. The molecule has 1 aromatic rings. The first kappa shape index (κ1) is 35.5. The highest BCUT2D eigenvalue weighted by atomic mass is 28.4. The van der Waals surface area contributed by atoms with Crippen LogP contribution in [0.5, 0.6) is 0 Å². The van der Waals surface area contributed by atoms with Crippen molar-refractivity contribution in [1.82, 2.24) is 9.55 Å². The third-order valence-corrected chi connectivity index (χ3v) is 16.1. The minimum Gasteiger partial charge on any atom is -0.458 e. The maximum Gasteiger partial charge on any atom is 0.308 e. The van der Waals surface area contributed by atoms with Gasteiger partial charge in [-0.1, -0.05) is 47.6 Å². The number of nitrogens with zero attached hydrogens (tertiary/aromatic N) is 2. The van der Waals surface area contributed by atoms with Crippen LogP contribution in [0.2, 0.25) is 18.1 Å². The second kappa shape index (κ2) is 11.4. The highest BCUT2D eigenvalue weighted by Crippen LogP contribution is 2.68. The van der Waals surface area contributed by atoms with Crippen molar-refractivity contribution in [3.63, 3.8) is 0 Å². The molecule has 2 aliphatic carbocycles. The van der Waals surface area contributed by atoms with Gasteiger partial charge in [-0.3, -0.25) is 14.4 Å². The topological polar surface area (TPSA) is 126 Å². The van der Waals surface area contributed by atoms with Crippen LogP contribution in [0.15, 0.2) is 31.4 Å². The minimum absolute atomic E-state index is 0.0402. The summed E-state index contributed by atoms with van der Waals surface area (Å²) in [6, 6.07) is 0. The molecule has 45 heavy (non-hydrogen) atoms. The lowest BCUT2D eigenvalue weighted by molar-refractivity contribution is -0.369. The highest BCUT2D eigenvalue weighted by molar-refractivity contribution is 6.74. The van der Waals surface area contributed by atoms with Crippen molar-refractivity contribution in [3.8, 4) is 0 Å². The van der Waals surface area contributed by atoms with E-state index in [-0.39, 0.29) is 17.9 Å². The zero-order chi connectivity index (χ0) is 34.0. The Morgan fingerprint density at radius 3 is 2.38 bits per heavy atom. The molecule has 0 spiro atoms. The molecule has 0 aromatic carbocycles. The van der Waals surface area contributed by atoms with Gasteiger partial charge in [0.15, 0.2) is 25.8 Å². The van der Waals surface area contributed by atoms with Crippen molar-refractivity contribution >= 4 is 26.0 Å². The van der Waals surface area contributed by atoms with Gasteiger partial charge in [-0.2, -0.15) is 0 Å². The Kier molecular flexibility index (Phi) is 9.01. The molecular formula is C34H54N2O8Si. The average molecular weight is 647 g/mol. The van der Waals surface area contributed by atoms with Crippen LogP contribution in [-0.2, 0) is 39.6 Å². The van der Waals surface area contributed by atoms with Gasteiger partial charge in [-0.05, 0) is 50.2 Å². The maximum absolute atomic E-state index is 14.6. The van der Waals surface area contributed by atoms with Crippen LogP contribution in [0.4, 0.5) is 0 Å². The number of carbonyl (C=O) groups is 3. The summed E-state index contributed by atoms with van der Waals surface area (Å²) in [6.07, 6.45) is 4.80. The summed E-state index contributed by atoms with van der Waals surface area (Å²) < 4.78 is 28.1. The van der Waals surface area contributed by atoms with E-state index in [1.807, 2.05) is 6.92 Å². The molecule has 1 saturated heterocycles. The molecule has 4 rings (SSSR count). The van der Waals surface area contributed by atoms with Gasteiger partial charge in [0.05, 0.1) is 24.5 Å². The van der Waals surface area contributed by atoms with Crippen LogP contribution in [0.3, 0.4) is 0 Å². The Labute approximate surface area is 269 Å². The fourth-order valence-corrected chi connectivity index (χ4v) is 9.71. The Bertz CT molecular complexity index is 1320. The Morgan fingerprint density at radius 1 is 1.20 bits per heavy atom. The normalized spacial score (nSPS) is 38.1. The second-order valence-corrected chi connectivity index (χ2v) is 21.0. The zero-order valence-corrected chi connectivity index (χ0v) is 30.1. The molecule has 252 valence electrons. The Balaban J connectivity index is 1.96. The summed E-state index contributed by atoms with van der Waals surface area (Å²) in [5.74, 6) is -2.22. The molecule has 0 radical (unpaired) electrons. The van der Waals surface area contributed by atoms with Gasteiger partial charge >= 0.3 is 11.9 Å². The number of ether oxygens (including phenoxy) is 3. The number of hydrogen-bond acceptors (Lipinski definition) is 9. The molecule has 2 saturated carbocycles. The SMILES string of the molecule is C=C[C@@]1(C)CC(=O)[C@]2(O)[C@@]3(C)[C@@H](O[Si](C)(C)C(C)(C)C)CCC(C)(C)[C@@H]3[C@H](OC(=O)CCn3ccnc3)[C@H](OC(C)=O)[C@@]2(C)O1. The van der Waals surface area contributed by atoms with Gasteiger partial charge in [-0.25, -0.2) is 4.98 Å². The number of hydrogen-bond donors (Lipinski definition) is 1. The second-order valence-electron chi connectivity index (χ2n) is 16.2. The Hall–Kier alpha value is -2.34. The summed E-state index contributed by atoms with van der Waals surface area (Å²) in [5.41, 5.74) is -7.02. The molecule has 0 unspecified atom stereocenters. The molecule has 1 N–H and O–H groups in total. The third-order valence-electron chi connectivity index (χ3n) is 11.6. The third kappa shape index (κ3) is 5.65. The standard InChI is InChI=1S/C34H54N2O8Si/c1-13-31(8)20-23(38)34(40)32(9)24(43-45(11,12)29(3,4)5)14-16-30(6,7)27(32)26(28(41-22(2)37)33(34,10)44-31)42-25(39)15-18-36-19-17-35-21-36/h13,17,19,21,24,26-28,40H,1,14-16,18,20H2,2-12H3/t24-,26-,27-,28-,31-,32-,33+,34-/m0/s1. The van der Waals surface area contributed by atoms with Crippen LogP contribution in [0.1, 0.15) is 88.0 Å². The number of ketones is 1. The van der Waals surface area contributed by atoms with E-state index in [1.165, 1.54) is 13.0 Å². The number of aliphatic hydroxyl groups is 1. The number of aryl methyl sites for hydroxylation is 1. The van der Waals surface area contributed by atoms with Gasteiger partial charge in [0.25, 0.3) is 0 Å². The fourth-order valence-electron chi connectivity index (χ4n) is 8.29. The lowest BCUT2D eigenvalue weighted by atomic mass is 9.39. The summed E-state index contributed by atoms with van der Waals surface area (Å²) in [5, 5.41) is 13.1. The fraction of sp³-hybridized carbons (Fsp3) is 0.765. The van der Waals surface area contributed by atoms with Crippen molar-refractivity contribution < 1.29 is 38.1 Å². The molecule has 2 heterocycles. The number of esters is 2. The molecule has 3 aliphatic rings. The predicted octanol–water partition coefficient (Wildman–Crippen LogP) is 5.39. The van der Waals surface area contributed by atoms with E-state index < -0.39 is 77.9 Å².